The average Bonchev–Trinajstić information content (AvgIpc) is 2.87. The number of carboxylic acid groups (broad SMARTS) is 1. The van der Waals surface area contributed by atoms with E-state index in [2.05, 4.69) is 11.9 Å². The first-order chi connectivity index (χ1) is 9.20. The molecule has 1 aromatic carbocycles. The number of rotatable bonds is 6. The molecule has 2 N–H and O–H groups in total. The van der Waals surface area contributed by atoms with Gasteiger partial charge < -0.3 is 9.84 Å². The van der Waals surface area contributed by atoms with Gasteiger partial charge in [0, 0.05) is 5.75 Å². The van der Waals surface area contributed by atoms with Crippen LogP contribution in [0.25, 0.3) is 0 Å². The van der Waals surface area contributed by atoms with Crippen LogP contribution in [0.15, 0.2) is 36.9 Å². The second-order valence-corrected chi connectivity index (χ2v) is 5.53. The highest BCUT2D eigenvalue weighted by Gasteiger charge is 2.29. The van der Waals surface area contributed by atoms with Crippen LogP contribution in [0.1, 0.15) is 5.56 Å². The zero-order valence-electron chi connectivity index (χ0n) is 10.5. The fourth-order valence-electron chi connectivity index (χ4n) is 1.91. The molecule has 19 heavy (non-hydrogen) atoms. The van der Waals surface area contributed by atoms with Gasteiger partial charge in [0.25, 0.3) is 0 Å². The van der Waals surface area contributed by atoms with Crippen LogP contribution in [0.4, 0.5) is 0 Å². The Morgan fingerprint density at radius 3 is 3.05 bits per heavy atom. The minimum Gasteiger partial charge on any atom is -0.491 e. The molecule has 1 heterocycles. The SMILES string of the molecule is C=CCc1ccccc1OCC1NC(C(=O)O)CS1. The van der Waals surface area contributed by atoms with Crippen LogP contribution in [0.3, 0.4) is 0 Å². The monoisotopic (exact) mass is 279 g/mol. The van der Waals surface area contributed by atoms with Gasteiger partial charge in [-0.25, -0.2) is 0 Å². The van der Waals surface area contributed by atoms with Crippen LogP contribution in [0, 0.1) is 0 Å². The van der Waals surface area contributed by atoms with Crippen LogP contribution in [-0.4, -0.2) is 34.9 Å². The van der Waals surface area contributed by atoms with E-state index in [4.69, 9.17) is 9.84 Å². The minimum atomic E-state index is -0.804. The summed E-state index contributed by atoms with van der Waals surface area (Å²) in [6, 6.07) is 7.35. The maximum Gasteiger partial charge on any atom is 0.321 e. The molecule has 1 aromatic rings. The van der Waals surface area contributed by atoms with Crippen molar-refractivity contribution in [2.45, 2.75) is 17.8 Å². The molecular weight excluding hydrogens is 262 g/mol. The van der Waals surface area contributed by atoms with Gasteiger partial charge in [-0.2, -0.15) is 0 Å². The maximum atomic E-state index is 10.8. The van der Waals surface area contributed by atoms with Crippen molar-refractivity contribution in [3.63, 3.8) is 0 Å². The standard InChI is InChI=1S/C14H17NO3S/c1-2-5-10-6-3-4-7-12(10)18-8-13-15-11(9-19-13)14(16)17/h2-4,6-7,11,13,15H,1,5,8-9H2,(H,16,17). The van der Waals surface area contributed by atoms with Gasteiger partial charge in [0.15, 0.2) is 0 Å². The van der Waals surface area contributed by atoms with Crippen molar-refractivity contribution in [2.24, 2.45) is 0 Å². The Bertz CT molecular complexity index is 464. The summed E-state index contributed by atoms with van der Waals surface area (Å²) in [4.78, 5) is 10.8. The molecule has 0 spiro atoms. The van der Waals surface area contributed by atoms with E-state index in [0.717, 1.165) is 17.7 Å². The molecule has 102 valence electrons. The molecule has 0 aliphatic carbocycles. The van der Waals surface area contributed by atoms with Gasteiger partial charge in [0.05, 0.1) is 5.37 Å². The summed E-state index contributed by atoms with van der Waals surface area (Å²) in [7, 11) is 0. The number of para-hydroxylation sites is 1. The summed E-state index contributed by atoms with van der Waals surface area (Å²) in [5.41, 5.74) is 1.09. The Hall–Kier alpha value is -1.46. The second kappa shape index (κ2) is 6.63. The number of carbonyl (C=O) groups is 1. The average molecular weight is 279 g/mol. The number of nitrogens with one attached hydrogen (secondary N) is 1. The first-order valence-electron chi connectivity index (χ1n) is 6.12. The zero-order chi connectivity index (χ0) is 13.7. The normalized spacial score (nSPS) is 22.1. The second-order valence-electron chi connectivity index (χ2n) is 4.29. The van der Waals surface area contributed by atoms with Gasteiger partial charge in [-0.3, -0.25) is 10.1 Å². The number of benzene rings is 1. The highest BCUT2D eigenvalue weighted by molar-refractivity contribution is 8.00. The van der Waals surface area contributed by atoms with Gasteiger partial charge in [0.2, 0.25) is 0 Å². The quantitative estimate of drug-likeness (QED) is 0.779. The number of hydrogen-bond donors (Lipinski definition) is 2. The molecule has 0 bridgehead atoms. The number of carboxylic acids is 1. The Morgan fingerprint density at radius 1 is 1.58 bits per heavy atom. The predicted molar refractivity (Wildman–Crippen MR) is 76.6 cm³/mol. The molecule has 1 saturated heterocycles. The van der Waals surface area contributed by atoms with Gasteiger partial charge in [-0.05, 0) is 18.1 Å². The molecule has 4 nitrogen and oxygen atoms in total. The van der Waals surface area contributed by atoms with Gasteiger partial charge in [-0.15, -0.1) is 18.3 Å². The van der Waals surface area contributed by atoms with Crippen molar-refractivity contribution in [2.75, 3.05) is 12.4 Å². The van der Waals surface area contributed by atoms with E-state index in [9.17, 15) is 4.79 Å². The van der Waals surface area contributed by atoms with E-state index in [1.807, 2.05) is 30.3 Å². The summed E-state index contributed by atoms with van der Waals surface area (Å²) < 4.78 is 5.78. The first kappa shape index (κ1) is 14.0. The van der Waals surface area contributed by atoms with Crippen molar-refractivity contribution >= 4 is 17.7 Å². The topological polar surface area (TPSA) is 58.6 Å². The van der Waals surface area contributed by atoms with Crippen molar-refractivity contribution in [3.8, 4) is 5.75 Å². The van der Waals surface area contributed by atoms with Crippen LogP contribution in [0.5, 0.6) is 5.75 Å². The number of thioether (sulfide) groups is 1. The van der Waals surface area contributed by atoms with Crippen LogP contribution < -0.4 is 10.1 Å². The van der Waals surface area contributed by atoms with E-state index >= 15 is 0 Å². The summed E-state index contributed by atoms with van der Waals surface area (Å²) in [5.74, 6) is 0.614. The van der Waals surface area contributed by atoms with Gasteiger partial charge in [0.1, 0.15) is 18.4 Å². The van der Waals surface area contributed by atoms with Crippen LogP contribution in [0.2, 0.25) is 0 Å². The van der Waals surface area contributed by atoms with Crippen molar-refractivity contribution < 1.29 is 14.6 Å². The smallest absolute Gasteiger partial charge is 0.321 e. The lowest BCUT2D eigenvalue weighted by Gasteiger charge is -2.14. The molecule has 2 unspecified atom stereocenters. The highest BCUT2D eigenvalue weighted by atomic mass is 32.2. The van der Waals surface area contributed by atoms with Crippen molar-refractivity contribution in [1.82, 2.24) is 5.32 Å². The number of aliphatic carboxylic acids is 1. The lowest BCUT2D eigenvalue weighted by atomic mass is 10.1. The number of allylic oxidation sites excluding steroid dienone is 1. The predicted octanol–water partition coefficient (Wildman–Crippen LogP) is 1.91. The van der Waals surface area contributed by atoms with Gasteiger partial charge >= 0.3 is 5.97 Å². The molecule has 0 aromatic heterocycles. The zero-order valence-corrected chi connectivity index (χ0v) is 11.4. The van der Waals surface area contributed by atoms with E-state index in [0.29, 0.717) is 12.4 Å². The van der Waals surface area contributed by atoms with E-state index in [-0.39, 0.29) is 5.37 Å². The molecule has 0 radical (unpaired) electrons. The number of hydrogen-bond acceptors (Lipinski definition) is 4. The fourth-order valence-corrected chi connectivity index (χ4v) is 2.99. The van der Waals surface area contributed by atoms with E-state index in [1.54, 1.807) is 11.8 Å². The molecule has 2 rings (SSSR count). The highest BCUT2D eigenvalue weighted by Crippen LogP contribution is 2.23. The number of ether oxygens (including phenoxy) is 1. The Balaban J connectivity index is 1.89. The molecule has 0 saturated carbocycles. The van der Waals surface area contributed by atoms with Gasteiger partial charge in [-0.1, -0.05) is 24.3 Å². The third-order valence-electron chi connectivity index (χ3n) is 2.88. The molecule has 0 amide bonds. The molecular formula is C14H17NO3S. The third kappa shape index (κ3) is 3.75. The van der Waals surface area contributed by atoms with Crippen molar-refractivity contribution in [3.05, 3.63) is 42.5 Å². The molecule has 1 aliphatic rings. The molecule has 1 aliphatic heterocycles. The first-order valence-corrected chi connectivity index (χ1v) is 7.17. The maximum absolute atomic E-state index is 10.8. The Morgan fingerprint density at radius 2 is 2.37 bits per heavy atom. The van der Waals surface area contributed by atoms with E-state index in [1.165, 1.54) is 0 Å². The summed E-state index contributed by atoms with van der Waals surface area (Å²) in [5, 5.41) is 12.0. The summed E-state index contributed by atoms with van der Waals surface area (Å²) in [6.45, 7) is 4.19. The summed E-state index contributed by atoms with van der Waals surface area (Å²) in [6.07, 6.45) is 2.60. The largest absolute Gasteiger partial charge is 0.491 e. The Kier molecular flexibility index (Phi) is 4.87. The molecule has 5 heteroatoms. The fraction of sp³-hybridized carbons (Fsp3) is 0.357. The molecule has 2 atom stereocenters. The van der Waals surface area contributed by atoms with Crippen LogP contribution in [-0.2, 0) is 11.2 Å². The lowest BCUT2D eigenvalue weighted by Crippen LogP contribution is -2.38. The van der Waals surface area contributed by atoms with E-state index < -0.39 is 12.0 Å². The van der Waals surface area contributed by atoms with Crippen LogP contribution >= 0.6 is 11.8 Å². The van der Waals surface area contributed by atoms with Crippen molar-refractivity contribution in [1.29, 1.82) is 0 Å². The third-order valence-corrected chi connectivity index (χ3v) is 4.08. The molecule has 1 fully saturated rings. The summed E-state index contributed by atoms with van der Waals surface area (Å²) >= 11 is 1.58. The lowest BCUT2D eigenvalue weighted by molar-refractivity contribution is -0.138. The Labute approximate surface area is 116 Å². The minimum absolute atomic E-state index is 0.0258.